The maximum absolute atomic E-state index is 13.2. The fraction of sp³-hybridized carbons (Fsp3) is 0.304. The maximum atomic E-state index is 13.2. The van der Waals surface area contributed by atoms with Gasteiger partial charge in [0.15, 0.2) is 12.2 Å². The number of anilines is 1. The maximum Gasteiger partial charge on any atom is 0.269 e. The molecule has 0 saturated heterocycles. The van der Waals surface area contributed by atoms with E-state index in [4.69, 9.17) is 11.6 Å². The molecular weight excluding hydrogens is 370 g/mol. The molecule has 0 aliphatic carbocycles. The first-order chi connectivity index (χ1) is 13.5. The third-order valence-electron chi connectivity index (χ3n) is 5.26. The number of para-hydroxylation sites is 1. The summed E-state index contributed by atoms with van der Waals surface area (Å²) >= 11 is 6.05. The number of halogens is 1. The summed E-state index contributed by atoms with van der Waals surface area (Å²) in [4.78, 5) is 15.1. The van der Waals surface area contributed by atoms with Crippen molar-refractivity contribution in [1.82, 2.24) is 4.57 Å². The molecule has 0 spiro atoms. The van der Waals surface area contributed by atoms with Gasteiger partial charge in [-0.3, -0.25) is 4.79 Å². The van der Waals surface area contributed by atoms with Crippen molar-refractivity contribution in [2.45, 2.75) is 45.8 Å². The van der Waals surface area contributed by atoms with Crippen molar-refractivity contribution in [2.24, 2.45) is 0 Å². The van der Waals surface area contributed by atoms with Gasteiger partial charge < -0.3 is 4.90 Å². The molecule has 0 radical (unpaired) electrons. The molecule has 4 nitrogen and oxygen atoms in total. The number of carbonyl (C=O) groups is 1. The molecule has 1 aliphatic heterocycles. The van der Waals surface area contributed by atoms with Gasteiger partial charge in [0, 0.05) is 22.3 Å². The van der Waals surface area contributed by atoms with Gasteiger partial charge in [-0.25, -0.2) is 9.13 Å². The first kappa shape index (κ1) is 18.8. The summed E-state index contributed by atoms with van der Waals surface area (Å²) in [5.41, 5.74) is 3.21. The first-order valence-corrected chi connectivity index (χ1v) is 10.2. The Morgan fingerprint density at radius 2 is 1.86 bits per heavy atom. The van der Waals surface area contributed by atoms with Crippen molar-refractivity contribution in [2.75, 3.05) is 4.90 Å². The number of benzene rings is 2. The number of rotatable bonds is 5. The monoisotopic (exact) mass is 394 g/mol. The zero-order valence-electron chi connectivity index (χ0n) is 16.3. The molecule has 0 fully saturated rings. The number of aromatic nitrogens is 2. The van der Waals surface area contributed by atoms with Crippen LogP contribution in [0.3, 0.4) is 0 Å². The average molecular weight is 395 g/mol. The molecule has 144 valence electrons. The van der Waals surface area contributed by atoms with Gasteiger partial charge in [0.1, 0.15) is 6.20 Å². The van der Waals surface area contributed by atoms with Crippen LogP contribution in [0.5, 0.6) is 0 Å². The normalized spacial score (nSPS) is 13.0. The molecule has 28 heavy (non-hydrogen) atoms. The molecule has 0 N–H and O–H groups in total. The van der Waals surface area contributed by atoms with Gasteiger partial charge in [-0.05, 0) is 56.7 Å². The molecule has 0 saturated carbocycles. The second-order valence-electron chi connectivity index (χ2n) is 7.51. The molecule has 1 aliphatic rings. The number of carbonyl (C=O) groups excluding carboxylic acids is 1. The number of amides is 1. The van der Waals surface area contributed by atoms with Gasteiger partial charge in [0.2, 0.25) is 0 Å². The first-order valence-electron chi connectivity index (χ1n) is 9.79. The van der Waals surface area contributed by atoms with Crippen molar-refractivity contribution in [3.8, 4) is 11.3 Å². The van der Waals surface area contributed by atoms with Gasteiger partial charge in [-0.15, -0.1) is 0 Å². The number of imidazole rings is 1. The SMILES string of the molecule is CC(C)N(C(=O)C[n+]1cc(-c2ccc(Cl)cc2)n2c1CCC2)c1ccccc1. The Balaban J connectivity index is 1.65. The number of nitrogens with zero attached hydrogens (tertiary/aromatic N) is 3. The fourth-order valence-electron chi connectivity index (χ4n) is 4.04. The minimum absolute atomic E-state index is 0.0990. The highest BCUT2D eigenvalue weighted by Crippen LogP contribution is 2.26. The van der Waals surface area contributed by atoms with E-state index in [0.29, 0.717) is 6.54 Å². The van der Waals surface area contributed by atoms with Crippen LogP contribution in [0.25, 0.3) is 11.3 Å². The van der Waals surface area contributed by atoms with E-state index >= 15 is 0 Å². The molecule has 0 bridgehead atoms. The van der Waals surface area contributed by atoms with E-state index in [1.165, 1.54) is 5.82 Å². The fourth-order valence-corrected chi connectivity index (χ4v) is 4.16. The van der Waals surface area contributed by atoms with Gasteiger partial charge in [0.25, 0.3) is 11.7 Å². The van der Waals surface area contributed by atoms with Gasteiger partial charge >= 0.3 is 0 Å². The highest BCUT2D eigenvalue weighted by molar-refractivity contribution is 6.30. The lowest BCUT2D eigenvalue weighted by Crippen LogP contribution is -2.48. The molecule has 1 aromatic heterocycles. The predicted molar refractivity (Wildman–Crippen MR) is 112 cm³/mol. The van der Waals surface area contributed by atoms with E-state index in [0.717, 1.165) is 41.4 Å². The zero-order valence-corrected chi connectivity index (χ0v) is 17.1. The van der Waals surface area contributed by atoms with Crippen LogP contribution in [0.2, 0.25) is 5.02 Å². The molecule has 4 rings (SSSR count). The standard InChI is InChI=1S/C23H25ClN3O/c1-17(2)27(20-7-4-3-5-8-20)23(28)16-25-15-21(26-14-6-9-22(25)26)18-10-12-19(24)13-11-18/h3-5,7-8,10-13,15,17H,6,9,14,16H2,1-2H3/q+1. The second kappa shape index (κ2) is 7.80. The van der Waals surface area contributed by atoms with Crippen LogP contribution >= 0.6 is 11.6 Å². The van der Waals surface area contributed by atoms with Crippen LogP contribution < -0.4 is 9.47 Å². The molecule has 3 aromatic rings. The van der Waals surface area contributed by atoms with E-state index in [2.05, 4.69) is 29.2 Å². The molecular formula is C23H25ClN3O+. The Hall–Kier alpha value is -2.59. The molecule has 2 aromatic carbocycles. The summed E-state index contributed by atoms with van der Waals surface area (Å²) in [5.74, 6) is 1.32. The molecule has 0 unspecified atom stereocenters. The molecule has 1 amide bonds. The van der Waals surface area contributed by atoms with Crippen molar-refractivity contribution in [1.29, 1.82) is 0 Å². The van der Waals surface area contributed by atoms with E-state index < -0.39 is 0 Å². The van der Waals surface area contributed by atoms with Crippen LogP contribution in [0, 0.1) is 0 Å². The number of fused-ring (bicyclic) bond motifs is 1. The topological polar surface area (TPSA) is 29.1 Å². The largest absolute Gasteiger partial charge is 0.307 e. The lowest BCUT2D eigenvalue weighted by Gasteiger charge is -2.26. The lowest BCUT2D eigenvalue weighted by molar-refractivity contribution is -0.690. The Bertz CT molecular complexity index is 977. The Morgan fingerprint density at radius 3 is 2.54 bits per heavy atom. The second-order valence-corrected chi connectivity index (χ2v) is 7.95. The van der Waals surface area contributed by atoms with Gasteiger partial charge in [0.05, 0.1) is 13.0 Å². The quantitative estimate of drug-likeness (QED) is 0.586. The van der Waals surface area contributed by atoms with Gasteiger partial charge in [-0.2, -0.15) is 0 Å². The van der Waals surface area contributed by atoms with E-state index in [1.54, 1.807) is 0 Å². The Morgan fingerprint density at radius 1 is 1.14 bits per heavy atom. The molecule has 2 heterocycles. The minimum atomic E-state index is 0.0990. The summed E-state index contributed by atoms with van der Waals surface area (Å²) in [6, 6.07) is 17.9. The summed E-state index contributed by atoms with van der Waals surface area (Å²) in [6.07, 6.45) is 4.21. The summed E-state index contributed by atoms with van der Waals surface area (Å²) in [7, 11) is 0. The van der Waals surface area contributed by atoms with Crippen molar-refractivity contribution >= 4 is 23.2 Å². The van der Waals surface area contributed by atoms with Gasteiger partial charge in [-0.1, -0.05) is 29.8 Å². The third-order valence-corrected chi connectivity index (χ3v) is 5.51. The highest BCUT2D eigenvalue weighted by Gasteiger charge is 2.31. The predicted octanol–water partition coefficient (Wildman–Crippen LogP) is 4.48. The smallest absolute Gasteiger partial charge is 0.269 e. The van der Waals surface area contributed by atoms with Crippen LogP contribution in [-0.2, 0) is 24.3 Å². The zero-order chi connectivity index (χ0) is 19.7. The van der Waals surface area contributed by atoms with Crippen molar-refractivity contribution in [3.63, 3.8) is 0 Å². The van der Waals surface area contributed by atoms with E-state index in [1.807, 2.05) is 59.5 Å². The van der Waals surface area contributed by atoms with Crippen molar-refractivity contribution < 1.29 is 9.36 Å². The summed E-state index contributed by atoms with van der Waals surface area (Å²) < 4.78 is 4.45. The lowest BCUT2D eigenvalue weighted by atomic mass is 10.1. The molecule has 5 heteroatoms. The highest BCUT2D eigenvalue weighted by atomic mass is 35.5. The molecule has 0 atom stereocenters. The Kier molecular flexibility index (Phi) is 5.23. The summed E-state index contributed by atoms with van der Waals surface area (Å²) in [5, 5.41) is 0.732. The minimum Gasteiger partial charge on any atom is -0.307 e. The van der Waals surface area contributed by atoms with Crippen molar-refractivity contribution in [3.05, 3.63) is 71.6 Å². The summed E-state index contributed by atoms with van der Waals surface area (Å²) in [6.45, 7) is 5.44. The van der Waals surface area contributed by atoms with Crippen LogP contribution in [0.15, 0.2) is 60.8 Å². The van der Waals surface area contributed by atoms with E-state index in [9.17, 15) is 4.79 Å². The Labute approximate surface area is 171 Å². The van der Waals surface area contributed by atoms with E-state index in [-0.39, 0.29) is 11.9 Å². The number of hydrogen-bond donors (Lipinski definition) is 0. The number of hydrogen-bond acceptors (Lipinski definition) is 1. The van der Waals surface area contributed by atoms with Crippen LogP contribution in [0.4, 0.5) is 5.69 Å². The van der Waals surface area contributed by atoms with Crippen LogP contribution in [0.1, 0.15) is 26.1 Å². The van der Waals surface area contributed by atoms with Crippen LogP contribution in [-0.4, -0.2) is 16.5 Å². The third kappa shape index (κ3) is 3.57. The average Bonchev–Trinajstić information content (AvgIpc) is 3.27.